The lowest BCUT2D eigenvalue weighted by atomic mass is 9.81. The van der Waals surface area contributed by atoms with E-state index in [1.165, 1.54) is 36.2 Å². The maximum absolute atomic E-state index is 9.40. The first-order chi connectivity index (χ1) is 10.3. The highest BCUT2D eigenvalue weighted by molar-refractivity contribution is 7.14. The quantitative estimate of drug-likeness (QED) is 0.858. The van der Waals surface area contributed by atoms with Gasteiger partial charge in [0.05, 0.1) is 5.00 Å². The van der Waals surface area contributed by atoms with Crippen molar-refractivity contribution in [1.29, 1.82) is 0 Å². The average Bonchev–Trinajstić information content (AvgIpc) is 3.04. The highest BCUT2D eigenvalue weighted by atomic mass is 32.1. The number of thiophene rings is 1. The van der Waals surface area contributed by atoms with Crippen molar-refractivity contribution in [1.82, 2.24) is 0 Å². The van der Waals surface area contributed by atoms with Crippen LogP contribution in [0.4, 0.5) is 5.00 Å². The second-order valence-electron chi connectivity index (χ2n) is 5.83. The fraction of sp³-hybridized carbons (Fsp3) is 0.444. The van der Waals surface area contributed by atoms with Gasteiger partial charge >= 0.3 is 0 Å². The molecule has 112 valence electrons. The third-order valence-corrected chi connectivity index (χ3v) is 5.54. The molecule has 1 aromatic heterocycles. The molecule has 1 aliphatic rings. The number of benzene rings is 1. The molecule has 1 fully saturated rings. The van der Waals surface area contributed by atoms with Crippen LogP contribution in [0.2, 0.25) is 0 Å². The normalized spacial score (nSPS) is 22.1. The van der Waals surface area contributed by atoms with E-state index in [1.54, 1.807) is 0 Å². The van der Waals surface area contributed by atoms with Gasteiger partial charge in [-0.15, -0.1) is 11.3 Å². The van der Waals surface area contributed by atoms with E-state index in [0.717, 1.165) is 6.54 Å². The maximum atomic E-state index is 9.40. The molecule has 0 radical (unpaired) electrons. The Morgan fingerprint density at radius 2 is 1.81 bits per heavy atom. The number of phenols is 1. The first kappa shape index (κ1) is 14.5. The van der Waals surface area contributed by atoms with Gasteiger partial charge in [0.2, 0.25) is 0 Å². The minimum absolute atomic E-state index is 0.363. The fourth-order valence-electron chi connectivity index (χ4n) is 3.49. The number of anilines is 1. The molecular formula is C18H23NOS. The molecule has 3 heteroatoms. The lowest BCUT2D eigenvalue weighted by molar-refractivity contribution is 0.379. The molecule has 21 heavy (non-hydrogen) atoms. The molecule has 1 N–H and O–H groups in total. The molecule has 0 amide bonds. The Hall–Kier alpha value is -1.48. The van der Waals surface area contributed by atoms with E-state index in [-0.39, 0.29) is 0 Å². The van der Waals surface area contributed by atoms with Gasteiger partial charge in [-0.1, -0.05) is 12.1 Å². The molecule has 0 saturated heterocycles. The van der Waals surface area contributed by atoms with Gasteiger partial charge in [0.1, 0.15) is 5.75 Å². The summed E-state index contributed by atoms with van der Waals surface area (Å²) in [5, 5.41) is 13.0. The van der Waals surface area contributed by atoms with E-state index in [1.807, 2.05) is 23.5 Å². The second kappa shape index (κ2) is 6.52. The summed E-state index contributed by atoms with van der Waals surface area (Å²) in [6.45, 7) is 3.35. The van der Waals surface area contributed by atoms with Crippen LogP contribution in [0.25, 0.3) is 0 Å². The number of phenolic OH excluding ortho intramolecular Hbond substituents is 1. The van der Waals surface area contributed by atoms with Gasteiger partial charge in [-0.05, 0) is 73.7 Å². The zero-order valence-corrected chi connectivity index (χ0v) is 13.4. The van der Waals surface area contributed by atoms with Crippen molar-refractivity contribution in [2.75, 3.05) is 11.4 Å². The standard InChI is InChI=1S/C18H23NOS/c1-2-19(18-4-3-13-21-18)16-9-5-14(6-10-16)15-7-11-17(20)12-8-15/h3-4,7-8,11-14,16,20H,2,5-6,9-10H2,1H3. The average molecular weight is 301 g/mol. The Morgan fingerprint density at radius 3 is 2.38 bits per heavy atom. The van der Waals surface area contributed by atoms with Crippen molar-refractivity contribution in [3.8, 4) is 5.75 Å². The van der Waals surface area contributed by atoms with E-state index in [9.17, 15) is 5.11 Å². The van der Waals surface area contributed by atoms with Gasteiger partial charge in [-0.25, -0.2) is 0 Å². The molecule has 0 aliphatic heterocycles. The molecule has 0 spiro atoms. The minimum atomic E-state index is 0.363. The molecule has 2 aromatic rings. The SMILES string of the molecule is CCN(c1cccs1)C1CCC(c2ccc(O)cc2)CC1. The summed E-state index contributed by atoms with van der Waals surface area (Å²) >= 11 is 1.85. The Labute approximate surface area is 131 Å². The molecule has 2 nitrogen and oxygen atoms in total. The van der Waals surface area contributed by atoms with Crippen molar-refractivity contribution >= 4 is 16.3 Å². The Morgan fingerprint density at radius 1 is 1.10 bits per heavy atom. The van der Waals surface area contributed by atoms with Crippen LogP contribution < -0.4 is 4.90 Å². The molecule has 3 rings (SSSR count). The highest BCUT2D eigenvalue weighted by Crippen LogP contribution is 2.37. The summed E-state index contributed by atoms with van der Waals surface area (Å²) in [7, 11) is 0. The molecular weight excluding hydrogens is 278 g/mol. The van der Waals surface area contributed by atoms with Crippen LogP contribution in [-0.4, -0.2) is 17.7 Å². The van der Waals surface area contributed by atoms with Gasteiger partial charge in [0, 0.05) is 12.6 Å². The van der Waals surface area contributed by atoms with Crippen LogP contribution in [-0.2, 0) is 0 Å². The predicted molar refractivity (Wildman–Crippen MR) is 90.4 cm³/mol. The Balaban J connectivity index is 1.63. The van der Waals surface area contributed by atoms with Gasteiger partial charge in [0.15, 0.2) is 0 Å². The smallest absolute Gasteiger partial charge is 0.115 e. The van der Waals surface area contributed by atoms with Gasteiger partial charge in [0.25, 0.3) is 0 Å². The summed E-state index contributed by atoms with van der Waals surface area (Å²) in [5.41, 5.74) is 1.38. The van der Waals surface area contributed by atoms with E-state index < -0.39 is 0 Å². The lowest BCUT2D eigenvalue weighted by Crippen LogP contribution is -2.37. The third-order valence-electron chi connectivity index (χ3n) is 4.63. The zero-order chi connectivity index (χ0) is 14.7. The van der Waals surface area contributed by atoms with Gasteiger partial charge < -0.3 is 10.0 Å². The van der Waals surface area contributed by atoms with Crippen molar-refractivity contribution in [2.45, 2.75) is 44.6 Å². The summed E-state index contributed by atoms with van der Waals surface area (Å²) in [6.07, 6.45) is 5.02. The van der Waals surface area contributed by atoms with Crippen molar-refractivity contribution in [2.24, 2.45) is 0 Å². The summed E-state index contributed by atoms with van der Waals surface area (Å²) in [6, 6.07) is 12.8. The first-order valence-corrected chi connectivity index (χ1v) is 8.75. The second-order valence-corrected chi connectivity index (χ2v) is 6.76. The molecule has 1 aromatic carbocycles. The van der Waals surface area contributed by atoms with Gasteiger partial charge in [-0.2, -0.15) is 0 Å². The highest BCUT2D eigenvalue weighted by Gasteiger charge is 2.26. The molecule has 0 bridgehead atoms. The first-order valence-electron chi connectivity index (χ1n) is 7.87. The fourth-order valence-corrected chi connectivity index (χ4v) is 4.36. The zero-order valence-electron chi connectivity index (χ0n) is 12.5. The summed E-state index contributed by atoms with van der Waals surface area (Å²) < 4.78 is 0. The van der Waals surface area contributed by atoms with Crippen molar-refractivity contribution < 1.29 is 5.11 Å². The van der Waals surface area contributed by atoms with Crippen LogP contribution in [0, 0.1) is 0 Å². The maximum Gasteiger partial charge on any atom is 0.115 e. The van der Waals surface area contributed by atoms with E-state index >= 15 is 0 Å². The number of aromatic hydroxyl groups is 1. The molecule has 0 atom stereocenters. The Kier molecular flexibility index (Phi) is 4.49. The van der Waals surface area contributed by atoms with Crippen LogP contribution in [0.15, 0.2) is 41.8 Å². The monoisotopic (exact) mass is 301 g/mol. The van der Waals surface area contributed by atoms with Crippen LogP contribution in [0.5, 0.6) is 5.75 Å². The van der Waals surface area contributed by atoms with Gasteiger partial charge in [-0.3, -0.25) is 0 Å². The third kappa shape index (κ3) is 3.24. The van der Waals surface area contributed by atoms with E-state index in [4.69, 9.17) is 0 Å². The van der Waals surface area contributed by atoms with E-state index in [0.29, 0.717) is 17.7 Å². The number of nitrogens with zero attached hydrogens (tertiary/aromatic N) is 1. The summed E-state index contributed by atoms with van der Waals surface area (Å²) in [5.74, 6) is 1.02. The minimum Gasteiger partial charge on any atom is -0.508 e. The molecule has 1 heterocycles. The molecule has 1 aliphatic carbocycles. The largest absolute Gasteiger partial charge is 0.508 e. The molecule has 1 saturated carbocycles. The number of rotatable bonds is 4. The number of hydrogen-bond acceptors (Lipinski definition) is 3. The van der Waals surface area contributed by atoms with Crippen molar-refractivity contribution in [3.05, 3.63) is 47.3 Å². The van der Waals surface area contributed by atoms with Crippen LogP contribution in [0.3, 0.4) is 0 Å². The predicted octanol–water partition coefficient (Wildman–Crippen LogP) is 5.01. The topological polar surface area (TPSA) is 23.5 Å². The van der Waals surface area contributed by atoms with Crippen molar-refractivity contribution in [3.63, 3.8) is 0 Å². The number of hydrogen-bond donors (Lipinski definition) is 1. The van der Waals surface area contributed by atoms with Crippen LogP contribution >= 0.6 is 11.3 Å². The van der Waals surface area contributed by atoms with E-state index in [2.05, 4.69) is 41.5 Å². The molecule has 0 unspecified atom stereocenters. The summed E-state index contributed by atoms with van der Waals surface area (Å²) in [4.78, 5) is 2.57. The van der Waals surface area contributed by atoms with Crippen LogP contribution in [0.1, 0.15) is 44.1 Å². The Bertz CT molecular complexity index is 541. The lowest BCUT2D eigenvalue weighted by Gasteiger charge is -2.37.